The fourth-order valence-corrected chi connectivity index (χ4v) is 2.37. The molecule has 98 valence electrons. The van der Waals surface area contributed by atoms with Crippen LogP contribution in [0.5, 0.6) is 0 Å². The zero-order valence-electron chi connectivity index (χ0n) is 9.62. The topological polar surface area (TPSA) is 101 Å². The predicted molar refractivity (Wildman–Crippen MR) is 57.9 cm³/mol. The van der Waals surface area contributed by atoms with Gasteiger partial charge >= 0.3 is 5.97 Å². The van der Waals surface area contributed by atoms with Crippen molar-refractivity contribution in [1.29, 1.82) is 0 Å². The molecule has 0 aromatic rings. The summed E-state index contributed by atoms with van der Waals surface area (Å²) in [7, 11) is -2.29. The van der Waals surface area contributed by atoms with E-state index in [1.165, 1.54) is 7.11 Å². The molecule has 17 heavy (non-hydrogen) atoms. The van der Waals surface area contributed by atoms with Crippen LogP contribution in [0.2, 0.25) is 0 Å². The lowest BCUT2D eigenvalue weighted by atomic mass is 10.2. The molecule has 1 aliphatic rings. The van der Waals surface area contributed by atoms with Gasteiger partial charge in [-0.05, 0) is 0 Å². The minimum absolute atomic E-state index is 0.0475. The molecule has 1 amide bonds. The number of aliphatic hydroxyl groups is 1. The number of hydrogen-bond donors (Lipinski definition) is 1. The third kappa shape index (κ3) is 3.67. The van der Waals surface area contributed by atoms with Gasteiger partial charge in [0.25, 0.3) is 0 Å². The van der Waals surface area contributed by atoms with E-state index in [9.17, 15) is 23.1 Å². The summed E-state index contributed by atoms with van der Waals surface area (Å²) in [4.78, 5) is 24.1. The highest BCUT2D eigenvalue weighted by Crippen LogP contribution is 2.19. The first-order chi connectivity index (χ1) is 7.74. The van der Waals surface area contributed by atoms with Crippen molar-refractivity contribution in [2.75, 3.05) is 25.7 Å². The fourth-order valence-electron chi connectivity index (χ4n) is 1.76. The van der Waals surface area contributed by atoms with Gasteiger partial charge in [0, 0.05) is 19.2 Å². The van der Waals surface area contributed by atoms with E-state index in [0.29, 0.717) is 0 Å². The number of carbonyl (C=O) groups is 2. The Balaban J connectivity index is 2.80. The highest BCUT2D eigenvalue weighted by Gasteiger charge is 2.40. The number of β-amino-alcohol motifs (C(OH)–C–C–N with tert-alkyl or cyclic N) is 1. The first kappa shape index (κ1) is 13.9. The summed E-state index contributed by atoms with van der Waals surface area (Å²) in [5.41, 5.74) is 0. The number of methoxy groups -OCH3 is 1. The maximum Gasteiger partial charge on any atom is 0.328 e. The monoisotopic (exact) mass is 265 g/mol. The first-order valence-electron chi connectivity index (χ1n) is 4.97. The van der Waals surface area contributed by atoms with Crippen molar-refractivity contribution in [2.45, 2.75) is 18.6 Å². The van der Waals surface area contributed by atoms with Crippen molar-refractivity contribution in [3.63, 3.8) is 0 Å². The number of likely N-dealkylation sites (tertiary alicyclic amines) is 1. The molecule has 0 bridgehead atoms. The number of esters is 1. The van der Waals surface area contributed by atoms with Crippen molar-refractivity contribution in [2.24, 2.45) is 0 Å². The lowest BCUT2D eigenvalue weighted by Gasteiger charge is -2.21. The van der Waals surface area contributed by atoms with E-state index >= 15 is 0 Å². The molecule has 1 heterocycles. The Kier molecular flexibility index (Phi) is 4.10. The molecule has 0 radical (unpaired) electrons. The summed E-state index contributed by atoms with van der Waals surface area (Å²) in [6, 6.07) is -0.899. The van der Waals surface area contributed by atoms with Crippen molar-refractivity contribution in [3.8, 4) is 0 Å². The van der Waals surface area contributed by atoms with Crippen LogP contribution in [0.1, 0.15) is 6.42 Å². The van der Waals surface area contributed by atoms with E-state index in [1.54, 1.807) is 0 Å². The van der Waals surface area contributed by atoms with Crippen LogP contribution in [0.25, 0.3) is 0 Å². The zero-order chi connectivity index (χ0) is 13.2. The third-order valence-electron chi connectivity index (χ3n) is 2.46. The molecule has 8 heteroatoms. The number of rotatable bonds is 3. The van der Waals surface area contributed by atoms with Gasteiger partial charge in [0.1, 0.15) is 11.8 Å². The fraction of sp³-hybridized carbons (Fsp3) is 0.778. The van der Waals surface area contributed by atoms with Crippen LogP contribution in [0, 0.1) is 0 Å². The molecule has 2 atom stereocenters. The number of aliphatic hydroxyl groups excluding tert-OH is 1. The SMILES string of the molecule is COC(=O)C1CC(O)CN1C(=O)CS(C)(=O)=O. The van der Waals surface area contributed by atoms with Crippen LogP contribution in [-0.2, 0) is 24.2 Å². The summed E-state index contributed by atoms with van der Waals surface area (Å²) in [5, 5.41) is 9.41. The van der Waals surface area contributed by atoms with E-state index in [-0.39, 0.29) is 13.0 Å². The molecular formula is C9H15NO6S. The molecule has 0 aromatic heterocycles. The second kappa shape index (κ2) is 5.01. The normalized spacial score (nSPS) is 24.8. The Labute approximate surface area is 99.3 Å². The van der Waals surface area contributed by atoms with E-state index in [1.807, 2.05) is 0 Å². The van der Waals surface area contributed by atoms with Gasteiger partial charge in [0.15, 0.2) is 9.84 Å². The van der Waals surface area contributed by atoms with Crippen molar-refractivity contribution < 1.29 is 27.9 Å². The van der Waals surface area contributed by atoms with Crippen molar-refractivity contribution in [3.05, 3.63) is 0 Å². The predicted octanol–water partition coefficient (Wildman–Crippen LogP) is -1.83. The summed E-state index contributed by atoms with van der Waals surface area (Å²) in [6.45, 7) is -0.0475. The molecule has 2 unspecified atom stereocenters. The van der Waals surface area contributed by atoms with Crippen LogP contribution in [0.15, 0.2) is 0 Å². The summed E-state index contributed by atoms with van der Waals surface area (Å²) < 4.78 is 26.5. The lowest BCUT2D eigenvalue weighted by molar-refractivity contribution is -0.150. The number of nitrogens with zero attached hydrogens (tertiary/aromatic N) is 1. The second-order valence-electron chi connectivity index (χ2n) is 4.04. The molecule has 0 spiro atoms. The van der Waals surface area contributed by atoms with Crippen LogP contribution >= 0.6 is 0 Å². The maximum atomic E-state index is 11.7. The van der Waals surface area contributed by atoms with Gasteiger partial charge in [0.05, 0.1) is 13.2 Å². The third-order valence-corrected chi connectivity index (χ3v) is 3.23. The Morgan fingerprint density at radius 2 is 2.06 bits per heavy atom. The standard InChI is InChI=1S/C9H15NO6S/c1-16-9(13)7-3-6(11)4-10(7)8(12)5-17(2,14)15/h6-7,11H,3-5H2,1-2H3. The molecule has 0 aromatic carbocycles. The van der Waals surface area contributed by atoms with Crippen molar-refractivity contribution >= 4 is 21.7 Å². The van der Waals surface area contributed by atoms with Crippen LogP contribution < -0.4 is 0 Å². The lowest BCUT2D eigenvalue weighted by Crippen LogP contribution is -2.43. The Bertz CT molecular complexity index is 417. The van der Waals surface area contributed by atoms with Gasteiger partial charge in [-0.3, -0.25) is 4.79 Å². The van der Waals surface area contributed by atoms with E-state index in [0.717, 1.165) is 11.2 Å². The summed E-state index contributed by atoms with van der Waals surface area (Å²) in [5.74, 6) is -2.02. The highest BCUT2D eigenvalue weighted by molar-refractivity contribution is 7.91. The minimum atomic E-state index is -3.46. The van der Waals surface area contributed by atoms with Gasteiger partial charge < -0.3 is 14.7 Å². The summed E-state index contributed by atoms with van der Waals surface area (Å²) in [6.07, 6.45) is 0.176. The van der Waals surface area contributed by atoms with E-state index < -0.39 is 39.6 Å². The van der Waals surface area contributed by atoms with Crippen LogP contribution in [0.3, 0.4) is 0 Å². The molecule has 1 aliphatic heterocycles. The average molecular weight is 265 g/mol. The zero-order valence-corrected chi connectivity index (χ0v) is 10.4. The molecular weight excluding hydrogens is 250 g/mol. The molecule has 1 N–H and O–H groups in total. The molecule has 1 rings (SSSR count). The Morgan fingerprint density at radius 1 is 1.47 bits per heavy atom. The molecule has 0 aliphatic carbocycles. The van der Waals surface area contributed by atoms with Gasteiger partial charge in [0.2, 0.25) is 5.91 Å². The number of sulfone groups is 1. The van der Waals surface area contributed by atoms with Gasteiger partial charge in [-0.25, -0.2) is 13.2 Å². The average Bonchev–Trinajstić information content (AvgIpc) is 2.56. The van der Waals surface area contributed by atoms with E-state index in [4.69, 9.17) is 0 Å². The van der Waals surface area contributed by atoms with Crippen molar-refractivity contribution in [1.82, 2.24) is 4.90 Å². The largest absolute Gasteiger partial charge is 0.467 e. The maximum absolute atomic E-state index is 11.7. The second-order valence-corrected chi connectivity index (χ2v) is 6.18. The minimum Gasteiger partial charge on any atom is -0.467 e. The van der Waals surface area contributed by atoms with Crippen LogP contribution in [-0.4, -0.2) is 68.1 Å². The Morgan fingerprint density at radius 3 is 2.53 bits per heavy atom. The van der Waals surface area contributed by atoms with E-state index in [2.05, 4.69) is 4.74 Å². The molecule has 1 saturated heterocycles. The number of ether oxygens (including phenoxy) is 1. The smallest absolute Gasteiger partial charge is 0.328 e. The number of carbonyl (C=O) groups excluding carboxylic acids is 2. The Hall–Kier alpha value is -1.15. The molecule has 7 nitrogen and oxygen atoms in total. The quantitative estimate of drug-likeness (QED) is 0.602. The van der Waals surface area contributed by atoms with Gasteiger partial charge in [-0.15, -0.1) is 0 Å². The molecule has 1 fully saturated rings. The highest BCUT2D eigenvalue weighted by atomic mass is 32.2. The summed E-state index contributed by atoms with van der Waals surface area (Å²) >= 11 is 0. The first-order valence-corrected chi connectivity index (χ1v) is 7.03. The van der Waals surface area contributed by atoms with Gasteiger partial charge in [-0.1, -0.05) is 0 Å². The number of hydrogen-bond acceptors (Lipinski definition) is 6. The number of amides is 1. The van der Waals surface area contributed by atoms with Crippen LogP contribution in [0.4, 0.5) is 0 Å². The molecule has 0 saturated carbocycles. The van der Waals surface area contributed by atoms with Gasteiger partial charge in [-0.2, -0.15) is 0 Å².